The molecule has 0 unspecified atom stereocenters. The first-order valence-corrected chi connectivity index (χ1v) is 7.10. The molecule has 0 radical (unpaired) electrons. The zero-order valence-corrected chi connectivity index (χ0v) is 11.3. The van der Waals surface area contributed by atoms with Crippen molar-refractivity contribution < 1.29 is 13.6 Å². The maximum absolute atomic E-state index is 12.3. The zero-order valence-electron chi connectivity index (χ0n) is 10.4. The van der Waals surface area contributed by atoms with Crippen molar-refractivity contribution in [1.82, 2.24) is 0 Å². The first kappa shape index (κ1) is 14.9. The van der Waals surface area contributed by atoms with Gasteiger partial charge in [0.25, 0.3) is 0 Å². The highest BCUT2D eigenvalue weighted by atomic mass is 31.2. The second kappa shape index (κ2) is 6.47. The van der Waals surface area contributed by atoms with Gasteiger partial charge in [-0.3, -0.25) is 4.57 Å². The van der Waals surface area contributed by atoms with Crippen LogP contribution in [0.4, 0.5) is 0 Å². The second-order valence-corrected chi connectivity index (χ2v) is 6.32. The monoisotopic (exact) mass is 234 g/mol. The lowest BCUT2D eigenvalue weighted by Crippen LogP contribution is -2.13. The van der Waals surface area contributed by atoms with Gasteiger partial charge in [-0.15, -0.1) is 6.58 Å². The molecule has 0 aliphatic carbocycles. The van der Waals surface area contributed by atoms with E-state index >= 15 is 0 Å². The van der Waals surface area contributed by atoms with Gasteiger partial charge in [-0.05, 0) is 33.6 Å². The standard InChI is InChI=1S/C11H23O3P/c1-7-11(6)8-15(12,13-9(2)3)14-10(4)5/h7,9-11H,1,8H2,2-6H3/t11-/m0/s1. The van der Waals surface area contributed by atoms with E-state index in [4.69, 9.17) is 9.05 Å². The van der Waals surface area contributed by atoms with Crippen molar-refractivity contribution in [3.8, 4) is 0 Å². The summed E-state index contributed by atoms with van der Waals surface area (Å²) in [6, 6.07) is 0. The fraction of sp³-hybridized carbons (Fsp3) is 0.818. The number of hydrogen-bond donors (Lipinski definition) is 0. The molecule has 0 heterocycles. The number of hydrogen-bond acceptors (Lipinski definition) is 3. The van der Waals surface area contributed by atoms with E-state index in [0.717, 1.165) is 0 Å². The van der Waals surface area contributed by atoms with E-state index in [0.29, 0.717) is 6.16 Å². The molecule has 4 heteroatoms. The van der Waals surface area contributed by atoms with Crippen molar-refractivity contribution in [2.45, 2.75) is 46.8 Å². The van der Waals surface area contributed by atoms with Crippen molar-refractivity contribution >= 4 is 7.60 Å². The van der Waals surface area contributed by atoms with Crippen LogP contribution in [0.5, 0.6) is 0 Å². The average molecular weight is 234 g/mol. The van der Waals surface area contributed by atoms with Crippen LogP contribution in [0.15, 0.2) is 12.7 Å². The molecule has 0 aliphatic rings. The topological polar surface area (TPSA) is 35.5 Å². The SMILES string of the molecule is C=C[C@H](C)CP(=O)(OC(C)C)OC(C)C. The molecular formula is C11H23O3P. The van der Waals surface area contributed by atoms with Gasteiger partial charge >= 0.3 is 7.60 Å². The van der Waals surface area contributed by atoms with E-state index < -0.39 is 7.60 Å². The Morgan fingerprint density at radius 3 is 1.80 bits per heavy atom. The third-order valence-electron chi connectivity index (χ3n) is 1.66. The van der Waals surface area contributed by atoms with Gasteiger partial charge in [0, 0.05) is 0 Å². The van der Waals surface area contributed by atoms with Gasteiger partial charge in [0.2, 0.25) is 0 Å². The molecule has 0 aromatic heterocycles. The normalized spacial score (nSPS) is 14.6. The highest BCUT2D eigenvalue weighted by molar-refractivity contribution is 7.53. The Morgan fingerprint density at radius 1 is 1.13 bits per heavy atom. The predicted octanol–water partition coefficient (Wildman–Crippen LogP) is 3.85. The van der Waals surface area contributed by atoms with Gasteiger partial charge < -0.3 is 9.05 Å². The summed E-state index contributed by atoms with van der Waals surface area (Å²) in [6.45, 7) is 13.0. The zero-order chi connectivity index (χ0) is 12.1. The molecule has 0 aliphatic heterocycles. The van der Waals surface area contributed by atoms with Gasteiger partial charge in [0.15, 0.2) is 0 Å². The van der Waals surface area contributed by atoms with Crippen LogP contribution in [-0.4, -0.2) is 18.4 Å². The lowest BCUT2D eigenvalue weighted by atomic mass is 10.2. The molecule has 3 nitrogen and oxygen atoms in total. The van der Waals surface area contributed by atoms with Crippen LogP contribution < -0.4 is 0 Å². The molecule has 0 saturated carbocycles. The summed E-state index contributed by atoms with van der Waals surface area (Å²) in [6.07, 6.45) is 1.98. The van der Waals surface area contributed by atoms with E-state index in [9.17, 15) is 4.57 Å². The Kier molecular flexibility index (Phi) is 6.42. The number of allylic oxidation sites excluding steroid dienone is 1. The molecule has 0 amide bonds. The lowest BCUT2D eigenvalue weighted by Gasteiger charge is -2.24. The smallest absolute Gasteiger partial charge is 0.306 e. The summed E-state index contributed by atoms with van der Waals surface area (Å²) >= 11 is 0. The number of rotatable bonds is 7. The van der Waals surface area contributed by atoms with Crippen LogP contribution in [0, 0.1) is 5.92 Å². The van der Waals surface area contributed by atoms with Crippen molar-refractivity contribution in [1.29, 1.82) is 0 Å². The maximum atomic E-state index is 12.3. The quantitative estimate of drug-likeness (QED) is 0.495. The van der Waals surface area contributed by atoms with E-state index in [1.807, 2.05) is 34.6 Å². The molecule has 0 spiro atoms. The molecule has 0 fully saturated rings. The minimum Gasteiger partial charge on any atom is -0.306 e. The van der Waals surface area contributed by atoms with Crippen LogP contribution in [0.25, 0.3) is 0 Å². The minimum atomic E-state index is -2.98. The Morgan fingerprint density at radius 2 is 1.53 bits per heavy atom. The fourth-order valence-electron chi connectivity index (χ4n) is 1.18. The fourth-order valence-corrected chi connectivity index (χ4v) is 3.54. The molecule has 0 N–H and O–H groups in total. The summed E-state index contributed by atoms with van der Waals surface area (Å²) in [7, 11) is -2.98. The molecule has 90 valence electrons. The maximum Gasteiger partial charge on any atom is 0.331 e. The van der Waals surface area contributed by atoms with Crippen molar-refractivity contribution in [2.24, 2.45) is 5.92 Å². The van der Waals surface area contributed by atoms with E-state index in [-0.39, 0.29) is 18.1 Å². The summed E-state index contributed by atoms with van der Waals surface area (Å²) in [5.74, 6) is 0.133. The third-order valence-corrected chi connectivity index (χ3v) is 4.17. The van der Waals surface area contributed by atoms with Crippen molar-refractivity contribution in [2.75, 3.05) is 6.16 Å². The summed E-state index contributed by atoms with van der Waals surface area (Å²) in [5.41, 5.74) is 0. The predicted molar refractivity (Wildman–Crippen MR) is 64.3 cm³/mol. The minimum absolute atomic E-state index is 0.0911. The molecule has 0 rings (SSSR count). The summed E-state index contributed by atoms with van der Waals surface area (Å²) in [5, 5.41) is 0. The van der Waals surface area contributed by atoms with Gasteiger partial charge in [-0.1, -0.05) is 13.0 Å². The Labute approximate surface area is 93.4 Å². The van der Waals surface area contributed by atoms with E-state index in [2.05, 4.69) is 6.58 Å². The first-order valence-electron chi connectivity index (χ1n) is 5.37. The Hall–Kier alpha value is -0.110. The second-order valence-electron chi connectivity index (χ2n) is 4.31. The summed E-state index contributed by atoms with van der Waals surface area (Å²) < 4.78 is 23.1. The van der Waals surface area contributed by atoms with Gasteiger partial charge in [-0.25, -0.2) is 0 Å². The van der Waals surface area contributed by atoms with Crippen molar-refractivity contribution in [3.63, 3.8) is 0 Å². The van der Waals surface area contributed by atoms with Gasteiger partial charge in [0.1, 0.15) is 0 Å². The molecule has 0 aromatic carbocycles. The molecular weight excluding hydrogens is 211 g/mol. The van der Waals surface area contributed by atoms with Gasteiger partial charge in [0.05, 0.1) is 18.4 Å². The van der Waals surface area contributed by atoms with Crippen LogP contribution in [-0.2, 0) is 13.6 Å². The third kappa shape index (κ3) is 6.88. The molecule has 1 atom stereocenters. The van der Waals surface area contributed by atoms with Crippen LogP contribution >= 0.6 is 7.60 Å². The highest BCUT2D eigenvalue weighted by Gasteiger charge is 2.28. The average Bonchev–Trinajstić information content (AvgIpc) is 1.99. The summed E-state index contributed by atoms with van der Waals surface area (Å²) in [4.78, 5) is 0. The molecule has 15 heavy (non-hydrogen) atoms. The highest BCUT2D eigenvalue weighted by Crippen LogP contribution is 2.51. The van der Waals surface area contributed by atoms with E-state index in [1.165, 1.54) is 0 Å². The largest absolute Gasteiger partial charge is 0.331 e. The first-order chi connectivity index (χ1) is 6.79. The van der Waals surface area contributed by atoms with Crippen molar-refractivity contribution in [3.05, 3.63) is 12.7 Å². The Bertz CT molecular complexity index is 222. The molecule has 0 aromatic rings. The van der Waals surface area contributed by atoms with Crippen LogP contribution in [0.3, 0.4) is 0 Å². The molecule has 0 bridgehead atoms. The molecule has 0 saturated heterocycles. The lowest BCUT2D eigenvalue weighted by molar-refractivity contribution is 0.141. The van der Waals surface area contributed by atoms with Gasteiger partial charge in [-0.2, -0.15) is 0 Å². The Balaban J connectivity index is 4.54. The van der Waals surface area contributed by atoms with Crippen LogP contribution in [0.1, 0.15) is 34.6 Å². The van der Waals surface area contributed by atoms with Crippen LogP contribution in [0.2, 0.25) is 0 Å². The van der Waals surface area contributed by atoms with E-state index in [1.54, 1.807) is 6.08 Å².